The van der Waals surface area contributed by atoms with E-state index in [1.165, 1.54) is 7.11 Å². The van der Waals surface area contributed by atoms with Gasteiger partial charge in [0.25, 0.3) is 0 Å². The predicted molar refractivity (Wildman–Crippen MR) is 65.5 cm³/mol. The van der Waals surface area contributed by atoms with E-state index in [4.69, 9.17) is 9.26 Å². The highest BCUT2D eigenvalue weighted by Gasteiger charge is 2.41. The van der Waals surface area contributed by atoms with E-state index in [-0.39, 0.29) is 11.7 Å². The summed E-state index contributed by atoms with van der Waals surface area (Å²) in [6, 6.07) is 0. The predicted octanol–water partition coefficient (Wildman–Crippen LogP) is 2.94. The van der Waals surface area contributed by atoms with Crippen molar-refractivity contribution in [1.82, 2.24) is 10.1 Å². The number of ketones is 1. The second-order valence-electron chi connectivity index (χ2n) is 5.22. The quantitative estimate of drug-likeness (QED) is 0.800. The van der Waals surface area contributed by atoms with Crippen molar-refractivity contribution in [3.05, 3.63) is 11.7 Å². The maximum atomic E-state index is 12.2. The van der Waals surface area contributed by atoms with Gasteiger partial charge in [-0.3, -0.25) is 4.79 Å². The number of halogens is 3. The summed E-state index contributed by atoms with van der Waals surface area (Å²) >= 11 is 0. The maximum absolute atomic E-state index is 12.2. The summed E-state index contributed by atoms with van der Waals surface area (Å²) < 4.78 is 47.0. The number of rotatable bonds is 4. The zero-order valence-electron chi connectivity index (χ0n) is 11.7. The third-order valence-corrected chi connectivity index (χ3v) is 3.81. The topological polar surface area (TPSA) is 65.2 Å². The van der Waals surface area contributed by atoms with Gasteiger partial charge in [-0.05, 0) is 12.8 Å². The lowest BCUT2D eigenvalue weighted by molar-refractivity contribution is -0.170. The van der Waals surface area contributed by atoms with Gasteiger partial charge in [0, 0.05) is 7.11 Å². The number of ether oxygens (including phenoxy) is 1. The van der Waals surface area contributed by atoms with E-state index in [0.29, 0.717) is 12.8 Å². The van der Waals surface area contributed by atoms with Crippen LogP contribution in [-0.4, -0.2) is 29.2 Å². The number of carbonyl (C=O) groups is 1. The van der Waals surface area contributed by atoms with Crippen molar-refractivity contribution >= 4 is 5.78 Å². The number of methoxy groups -OCH3 is 1. The Morgan fingerprint density at radius 2 is 1.90 bits per heavy atom. The van der Waals surface area contributed by atoms with Gasteiger partial charge in [-0.15, -0.1) is 0 Å². The van der Waals surface area contributed by atoms with Gasteiger partial charge in [-0.1, -0.05) is 30.8 Å². The minimum absolute atomic E-state index is 0.233. The first-order valence-corrected chi connectivity index (χ1v) is 6.86. The molecule has 118 valence electrons. The Labute approximate surface area is 119 Å². The average Bonchev–Trinajstić information content (AvgIpc) is 2.75. The fraction of sp³-hybridized carbons (Fsp3) is 0.769. The van der Waals surface area contributed by atoms with Crippen molar-refractivity contribution in [1.29, 1.82) is 0 Å². The minimum Gasteiger partial charge on any atom is -0.370 e. The number of hydrogen-bond acceptors (Lipinski definition) is 5. The summed E-state index contributed by atoms with van der Waals surface area (Å²) in [6.07, 6.45) is -0.444. The number of Topliss-reactive ketones (excluding diaryl/α,β-unsaturated/α-hetero) is 1. The van der Waals surface area contributed by atoms with Gasteiger partial charge in [-0.25, -0.2) is 0 Å². The van der Waals surface area contributed by atoms with Gasteiger partial charge >= 0.3 is 6.18 Å². The average molecular weight is 306 g/mol. The molecule has 0 unspecified atom stereocenters. The van der Waals surface area contributed by atoms with E-state index in [1.807, 2.05) is 0 Å². The van der Waals surface area contributed by atoms with Crippen LogP contribution >= 0.6 is 0 Å². The zero-order valence-corrected chi connectivity index (χ0v) is 11.7. The highest BCUT2D eigenvalue weighted by atomic mass is 19.4. The summed E-state index contributed by atoms with van der Waals surface area (Å²) in [4.78, 5) is 14.9. The molecular weight excluding hydrogens is 289 g/mol. The van der Waals surface area contributed by atoms with Crippen LogP contribution in [0.15, 0.2) is 4.52 Å². The molecule has 0 aromatic carbocycles. The Morgan fingerprint density at radius 3 is 2.43 bits per heavy atom. The summed E-state index contributed by atoms with van der Waals surface area (Å²) in [7, 11) is 1.53. The largest absolute Gasteiger partial charge is 0.450 e. The molecule has 1 heterocycles. The molecule has 0 aliphatic heterocycles. The van der Waals surface area contributed by atoms with Crippen molar-refractivity contribution in [3.63, 3.8) is 0 Å². The summed E-state index contributed by atoms with van der Waals surface area (Å²) in [5.74, 6) is -1.99. The Morgan fingerprint density at radius 1 is 1.29 bits per heavy atom. The third-order valence-electron chi connectivity index (χ3n) is 3.81. The molecule has 1 fully saturated rings. The van der Waals surface area contributed by atoms with Crippen molar-refractivity contribution in [3.8, 4) is 0 Å². The molecule has 1 aromatic rings. The van der Waals surface area contributed by atoms with Crippen LogP contribution in [0.25, 0.3) is 0 Å². The Bertz CT molecular complexity index is 491. The van der Waals surface area contributed by atoms with Crippen LogP contribution in [0.5, 0.6) is 0 Å². The van der Waals surface area contributed by atoms with Crippen LogP contribution < -0.4 is 0 Å². The van der Waals surface area contributed by atoms with Gasteiger partial charge in [0.1, 0.15) is 5.60 Å². The standard InChI is InChI=1S/C13H17F3N2O3/c1-20-12(6-4-2-3-5-7-12)11-17-10(21-18-11)8-9(19)13(14,15)16/h2-8H2,1H3. The van der Waals surface area contributed by atoms with Gasteiger partial charge < -0.3 is 9.26 Å². The minimum atomic E-state index is -4.89. The second kappa shape index (κ2) is 6.13. The maximum Gasteiger partial charge on any atom is 0.450 e. The lowest BCUT2D eigenvalue weighted by Crippen LogP contribution is -2.29. The first-order chi connectivity index (χ1) is 9.87. The molecule has 1 aliphatic rings. The molecule has 0 radical (unpaired) electrons. The molecule has 1 saturated carbocycles. The first kappa shape index (κ1) is 15.9. The SMILES string of the molecule is COC1(c2noc(CC(=O)C(F)(F)F)n2)CCCCCC1. The lowest BCUT2D eigenvalue weighted by Gasteiger charge is -2.27. The van der Waals surface area contributed by atoms with E-state index in [2.05, 4.69) is 10.1 Å². The molecule has 1 aliphatic carbocycles. The molecule has 0 spiro atoms. The van der Waals surface area contributed by atoms with E-state index >= 15 is 0 Å². The molecule has 0 N–H and O–H groups in total. The molecule has 1 aromatic heterocycles. The molecular formula is C13H17F3N2O3. The highest BCUT2D eigenvalue weighted by molar-refractivity contribution is 5.85. The summed E-state index contributed by atoms with van der Waals surface area (Å²) in [5.41, 5.74) is -0.723. The van der Waals surface area contributed by atoms with Crippen molar-refractivity contribution in [2.24, 2.45) is 0 Å². The fourth-order valence-corrected chi connectivity index (χ4v) is 2.57. The smallest absolute Gasteiger partial charge is 0.370 e. The van der Waals surface area contributed by atoms with E-state index in [0.717, 1.165) is 25.7 Å². The van der Waals surface area contributed by atoms with Crippen LogP contribution in [0.3, 0.4) is 0 Å². The molecule has 5 nitrogen and oxygen atoms in total. The molecule has 0 bridgehead atoms. The molecule has 0 amide bonds. The van der Waals surface area contributed by atoms with Crippen LogP contribution in [0.4, 0.5) is 13.2 Å². The number of nitrogens with zero attached hydrogens (tertiary/aromatic N) is 2. The van der Waals surface area contributed by atoms with Crippen molar-refractivity contribution in [2.45, 2.75) is 56.7 Å². The molecule has 0 saturated heterocycles. The monoisotopic (exact) mass is 306 g/mol. The molecule has 21 heavy (non-hydrogen) atoms. The third kappa shape index (κ3) is 3.61. The normalized spacial score (nSPS) is 19.2. The van der Waals surface area contributed by atoms with Gasteiger partial charge in [0.15, 0.2) is 0 Å². The van der Waals surface area contributed by atoms with Crippen LogP contribution in [0.2, 0.25) is 0 Å². The summed E-state index contributed by atoms with van der Waals surface area (Å²) in [5, 5.41) is 3.73. The van der Waals surface area contributed by atoms with Gasteiger partial charge in [0.05, 0.1) is 6.42 Å². The fourth-order valence-electron chi connectivity index (χ4n) is 2.57. The molecule has 8 heteroatoms. The number of alkyl halides is 3. The number of hydrogen-bond donors (Lipinski definition) is 0. The first-order valence-electron chi connectivity index (χ1n) is 6.86. The number of carbonyl (C=O) groups excluding carboxylic acids is 1. The van der Waals surface area contributed by atoms with Crippen LogP contribution in [-0.2, 0) is 21.6 Å². The van der Waals surface area contributed by atoms with E-state index < -0.39 is 24.0 Å². The highest BCUT2D eigenvalue weighted by Crippen LogP contribution is 2.37. The second-order valence-corrected chi connectivity index (χ2v) is 5.22. The van der Waals surface area contributed by atoms with Crippen molar-refractivity contribution < 1.29 is 27.2 Å². The van der Waals surface area contributed by atoms with Crippen LogP contribution in [0.1, 0.15) is 50.2 Å². The Hall–Kier alpha value is -1.44. The summed E-state index contributed by atoms with van der Waals surface area (Å²) in [6.45, 7) is 0. The zero-order chi connectivity index (χ0) is 15.5. The lowest BCUT2D eigenvalue weighted by atomic mass is 9.93. The van der Waals surface area contributed by atoms with Crippen molar-refractivity contribution in [2.75, 3.05) is 7.11 Å². The Kier molecular flexibility index (Phi) is 4.65. The number of aromatic nitrogens is 2. The van der Waals surface area contributed by atoms with Gasteiger partial charge in [-0.2, -0.15) is 18.2 Å². The molecule has 0 atom stereocenters. The Balaban J connectivity index is 2.15. The van der Waals surface area contributed by atoms with E-state index in [9.17, 15) is 18.0 Å². The van der Waals surface area contributed by atoms with E-state index in [1.54, 1.807) is 0 Å². The van der Waals surface area contributed by atoms with Crippen LogP contribution in [0, 0.1) is 0 Å². The van der Waals surface area contributed by atoms with Gasteiger partial charge in [0.2, 0.25) is 17.5 Å². The molecule has 2 rings (SSSR count).